The van der Waals surface area contributed by atoms with Gasteiger partial charge in [-0.25, -0.2) is 0 Å². The third-order valence-corrected chi connectivity index (χ3v) is 3.53. The molecule has 3 N–H and O–H groups in total. The van der Waals surface area contributed by atoms with Crippen molar-refractivity contribution in [1.29, 1.82) is 0 Å². The Kier molecular flexibility index (Phi) is 4.45. The summed E-state index contributed by atoms with van der Waals surface area (Å²) >= 11 is 0. The minimum Gasteiger partial charge on any atom is -0.326 e. The van der Waals surface area contributed by atoms with Crippen LogP contribution in [0.1, 0.15) is 15.9 Å². The Labute approximate surface area is 135 Å². The normalized spacial score (nSPS) is 10.3. The lowest BCUT2D eigenvalue weighted by Crippen LogP contribution is -2.11. The number of nitrogens with two attached hydrogens (primary N) is 1. The molecule has 0 spiro atoms. The molecule has 114 valence electrons. The molecule has 0 unspecified atom stereocenters. The number of carbonyl (C=O) groups excluding carboxylic acids is 1. The number of aromatic nitrogens is 1. The Morgan fingerprint density at radius 1 is 1.00 bits per heavy atom. The lowest BCUT2D eigenvalue weighted by atomic mass is 10.1. The van der Waals surface area contributed by atoms with Gasteiger partial charge in [-0.2, -0.15) is 0 Å². The zero-order chi connectivity index (χ0) is 16.1. The summed E-state index contributed by atoms with van der Waals surface area (Å²) in [5.41, 5.74) is 9.87. The molecule has 0 fully saturated rings. The summed E-state index contributed by atoms with van der Waals surface area (Å²) in [5.74, 6) is -0.133. The van der Waals surface area contributed by atoms with Crippen LogP contribution in [0.2, 0.25) is 0 Å². The van der Waals surface area contributed by atoms with Crippen LogP contribution in [0.15, 0.2) is 72.9 Å². The van der Waals surface area contributed by atoms with E-state index in [-0.39, 0.29) is 5.91 Å². The number of hydrogen-bond acceptors (Lipinski definition) is 3. The molecule has 0 atom stereocenters. The summed E-state index contributed by atoms with van der Waals surface area (Å²) in [7, 11) is 0. The number of nitrogens with zero attached hydrogens (tertiary/aromatic N) is 1. The summed E-state index contributed by atoms with van der Waals surface area (Å²) < 4.78 is 0. The zero-order valence-corrected chi connectivity index (χ0v) is 12.6. The molecule has 1 heterocycles. The molecule has 0 aliphatic heterocycles. The van der Waals surface area contributed by atoms with Gasteiger partial charge in [-0.1, -0.05) is 30.3 Å². The van der Waals surface area contributed by atoms with Gasteiger partial charge in [-0.3, -0.25) is 9.78 Å². The summed E-state index contributed by atoms with van der Waals surface area (Å²) in [4.78, 5) is 16.6. The molecule has 0 saturated carbocycles. The van der Waals surface area contributed by atoms with Crippen molar-refractivity contribution in [3.63, 3.8) is 0 Å². The fourth-order valence-electron chi connectivity index (χ4n) is 2.28. The zero-order valence-electron chi connectivity index (χ0n) is 12.6. The molecule has 0 saturated heterocycles. The molecule has 0 bridgehead atoms. The summed E-state index contributed by atoms with van der Waals surface area (Å²) in [6, 6.07) is 20.6. The number of anilines is 1. The van der Waals surface area contributed by atoms with E-state index >= 15 is 0 Å². The van der Waals surface area contributed by atoms with E-state index in [1.165, 1.54) is 0 Å². The molecule has 0 radical (unpaired) electrons. The van der Waals surface area contributed by atoms with Crippen molar-refractivity contribution in [2.75, 3.05) is 5.32 Å². The van der Waals surface area contributed by atoms with Crippen molar-refractivity contribution in [3.05, 3.63) is 84.1 Å². The predicted molar refractivity (Wildman–Crippen MR) is 92.0 cm³/mol. The van der Waals surface area contributed by atoms with E-state index < -0.39 is 0 Å². The second-order valence-electron chi connectivity index (χ2n) is 5.15. The number of rotatable bonds is 4. The van der Waals surface area contributed by atoms with E-state index in [1.54, 1.807) is 18.3 Å². The van der Waals surface area contributed by atoms with Crippen LogP contribution in [0.3, 0.4) is 0 Å². The van der Waals surface area contributed by atoms with Crippen LogP contribution in [0.25, 0.3) is 11.3 Å². The van der Waals surface area contributed by atoms with E-state index in [0.29, 0.717) is 12.1 Å². The highest BCUT2D eigenvalue weighted by atomic mass is 16.1. The minimum atomic E-state index is -0.133. The van der Waals surface area contributed by atoms with E-state index in [1.807, 2.05) is 54.6 Å². The highest BCUT2D eigenvalue weighted by molar-refractivity contribution is 6.04. The molecule has 2 aromatic carbocycles. The van der Waals surface area contributed by atoms with Crippen molar-refractivity contribution >= 4 is 11.6 Å². The molecule has 3 aromatic rings. The fraction of sp³-hybridized carbons (Fsp3) is 0.0526. The van der Waals surface area contributed by atoms with Gasteiger partial charge in [0.2, 0.25) is 0 Å². The van der Waals surface area contributed by atoms with Crippen LogP contribution in [0, 0.1) is 0 Å². The number of pyridine rings is 1. The summed E-state index contributed by atoms with van der Waals surface area (Å²) in [6.07, 6.45) is 1.74. The first-order chi connectivity index (χ1) is 11.3. The second kappa shape index (κ2) is 6.85. The van der Waals surface area contributed by atoms with Crippen molar-refractivity contribution in [1.82, 2.24) is 4.98 Å². The van der Waals surface area contributed by atoms with Crippen molar-refractivity contribution in [2.24, 2.45) is 5.73 Å². The predicted octanol–water partition coefficient (Wildman–Crippen LogP) is 3.46. The van der Waals surface area contributed by atoms with Gasteiger partial charge >= 0.3 is 0 Å². The molecule has 4 heteroatoms. The van der Waals surface area contributed by atoms with E-state index in [4.69, 9.17) is 5.73 Å². The lowest BCUT2D eigenvalue weighted by Gasteiger charge is -2.07. The van der Waals surface area contributed by atoms with Crippen LogP contribution < -0.4 is 11.1 Å². The molecular formula is C19H17N3O. The topological polar surface area (TPSA) is 68.0 Å². The lowest BCUT2D eigenvalue weighted by molar-refractivity contribution is 0.102. The van der Waals surface area contributed by atoms with Gasteiger partial charge in [-0.05, 0) is 42.0 Å². The Balaban J connectivity index is 1.77. The van der Waals surface area contributed by atoms with Gasteiger partial charge < -0.3 is 11.1 Å². The Morgan fingerprint density at radius 3 is 2.43 bits per heavy atom. The van der Waals surface area contributed by atoms with Crippen LogP contribution in [0.4, 0.5) is 5.69 Å². The average molecular weight is 303 g/mol. The van der Waals surface area contributed by atoms with E-state index in [2.05, 4.69) is 10.3 Å². The smallest absolute Gasteiger partial charge is 0.255 e. The monoisotopic (exact) mass is 303 g/mol. The molecule has 1 aromatic heterocycles. The van der Waals surface area contributed by atoms with Crippen LogP contribution in [-0.2, 0) is 6.54 Å². The number of benzene rings is 2. The molecule has 4 nitrogen and oxygen atoms in total. The number of para-hydroxylation sites is 1. The Morgan fingerprint density at radius 2 is 1.74 bits per heavy atom. The maximum absolute atomic E-state index is 12.2. The fourth-order valence-corrected chi connectivity index (χ4v) is 2.28. The van der Waals surface area contributed by atoms with Crippen molar-refractivity contribution in [3.8, 4) is 11.3 Å². The molecular weight excluding hydrogens is 286 g/mol. The summed E-state index contributed by atoms with van der Waals surface area (Å²) in [6.45, 7) is 0.479. The molecule has 0 aliphatic carbocycles. The first kappa shape index (κ1) is 14.9. The van der Waals surface area contributed by atoms with E-state index in [9.17, 15) is 4.79 Å². The number of carbonyl (C=O) groups is 1. The first-order valence-electron chi connectivity index (χ1n) is 7.38. The van der Waals surface area contributed by atoms with Gasteiger partial charge in [-0.15, -0.1) is 0 Å². The number of nitrogens with one attached hydrogen (secondary N) is 1. The van der Waals surface area contributed by atoms with Gasteiger partial charge in [0, 0.05) is 29.6 Å². The van der Waals surface area contributed by atoms with Crippen molar-refractivity contribution < 1.29 is 4.79 Å². The van der Waals surface area contributed by atoms with Gasteiger partial charge in [0.15, 0.2) is 0 Å². The third kappa shape index (κ3) is 3.62. The van der Waals surface area contributed by atoms with Crippen LogP contribution >= 0.6 is 0 Å². The quantitative estimate of drug-likeness (QED) is 0.775. The maximum Gasteiger partial charge on any atom is 0.255 e. The molecule has 1 amide bonds. The Hall–Kier alpha value is -2.98. The first-order valence-corrected chi connectivity index (χ1v) is 7.38. The second-order valence-corrected chi connectivity index (χ2v) is 5.15. The SMILES string of the molecule is NCc1ccnc(-c2ccc(C(=O)Nc3ccccc3)cc2)c1. The van der Waals surface area contributed by atoms with Gasteiger partial charge in [0.05, 0.1) is 5.69 Å². The maximum atomic E-state index is 12.2. The average Bonchev–Trinajstić information content (AvgIpc) is 2.63. The molecule has 3 rings (SSSR count). The highest BCUT2D eigenvalue weighted by Crippen LogP contribution is 2.19. The van der Waals surface area contributed by atoms with Crippen molar-refractivity contribution in [2.45, 2.75) is 6.54 Å². The van der Waals surface area contributed by atoms with E-state index in [0.717, 1.165) is 22.5 Å². The number of amides is 1. The highest BCUT2D eigenvalue weighted by Gasteiger charge is 2.07. The Bertz CT molecular complexity index is 798. The largest absolute Gasteiger partial charge is 0.326 e. The number of hydrogen-bond donors (Lipinski definition) is 2. The standard InChI is InChI=1S/C19H17N3O/c20-13-14-10-11-21-18(12-14)15-6-8-16(9-7-15)19(23)22-17-4-2-1-3-5-17/h1-12H,13,20H2,(H,22,23). The third-order valence-electron chi connectivity index (χ3n) is 3.53. The van der Waals surface area contributed by atoms with Gasteiger partial charge in [0.25, 0.3) is 5.91 Å². The van der Waals surface area contributed by atoms with Gasteiger partial charge in [0.1, 0.15) is 0 Å². The summed E-state index contributed by atoms with van der Waals surface area (Å²) in [5, 5.41) is 2.86. The molecule has 23 heavy (non-hydrogen) atoms. The molecule has 0 aliphatic rings. The van der Waals surface area contributed by atoms with Crippen LogP contribution in [0.5, 0.6) is 0 Å². The van der Waals surface area contributed by atoms with Crippen LogP contribution in [-0.4, -0.2) is 10.9 Å². The minimum absolute atomic E-state index is 0.133.